The molecular formula is C15H28N2O. The second-order valence-electron chi connectivity index (χ2n) is 6.58. The molecule has 2 N–H and O–H groups in total. The fourth-order valence-electron chi connectivity index (χ4n) is 3.07. The average molecular weight is 252 g/mol. The highest BCUT2D eigenvalue weighted by Crippen LogP contribution is 2.33. The Bertz CT molecular complexity index is 280. The maximum Gasteiger partial charge on any atom is 0.224 e. The van der Waals surface area contributed by atoms with Gasteiger partial charge in [0.2, 0.25) is 5.91 Å². The Balaban J connectivity index is 1.90. The molecule has 1 unspecified atom stereocenters. The van der Waals surface area contributed by atoms with E-state index in [1.165, 1.54) is 38.5 Å². The normalized spacial score (nSPS) is 22.4. The largest absolute Gasteiger partial charge is 0.339 e. The number of hydrogen-bond donors (Lipinski definition) is 1. The van der Waals surface area contributed by atoms with Crippen molar-refractivity contribution >= 4 is 5.91 Å². The Morgan fingerprint density at radius 3 is 2.33 bits per heavy atom. The fraction of sp³-hybridized carbons (Fsp3) is 0.933. The topological polar surface area (TPSA) is 46.3 Å². The van der Waals surface area contributed by atoms with E-state index < -0.39 is 0 Å². The summed E-state index contributed by atoms with van der Waals surface area (Å²) in [4.78, 5) is 14.6. The van der Waals surface area contributed by atoms with Gasteiger partial charge < -0.3 is 10.6 Å². The van der Waals surface area contributed by atoms with Crippen LogP contribution in [0, 0.1) is 11.8 Å². The molecule has 0 heterocycles. The number of rotatable bonds is 6. The highest BCUT2D eigenvalue weighted by atomic mass is 16.2. The summed E-state index contributed by atoms with van der Waals surface area (Å²) in [5, 5.41) is 0. The summed E-state index contributed by atoms with van der Waals surface area (Å²) in [6.45, 7) is 5.28. The van der Waals surface area contributed by atoms with Crippen LogP contribution in [0.5, 0.6) is 0 Å². The summed E-state index contributed by atoms with van der Waals surface area (Å²) in [6.07, 6.45) is 7.95. The molecule has 2 aliphatic rings. The minimum absolute atomic E-state index is 0.105. The standard InChI is InChI=1S/C15H28N2O/c1-11(2)10-17(13-5-3-4-6-13)15(18)9-14(16)12-7-8-12/h11-14H,3-10,16H2,1-2H3. The van der Waals surface area contributed by atoms with Gasteiger partial charge in [0.1, 0.15) is 0 Å². The van der Waals surface area contributed by atoms with Crippen molar-refractivity contribution in [1.29, 1.82) is 0 Å². The van der Waals surface area contributed by atoms with Crippen molar-refractivity contribution < 1.29 is 4.79 Å². The predicted octanol–water partition coefficient (Wildman–Crippen LogP) is 2.54. The molecule has 0 aromatic rings. The van der Waals surface area contributed by atoms with Crippen molar-refractivity contribution in [2.75, 3.05) is 6.54 Å². The van der Waals surface area contributed by atoms with Crippen molar-refractivity contribution in [1.82, 2.24) is 4.90 Å². The molecule has 1 atom stereocenters. The van der Waals surface area contributed by atoms with Gasteiger partial charge in [-0.05, 0) is 37.5 Å². The van der Waals surface area contributed by atoms with Gasteiger partial charge in [0, 0.05) is 25.0 Å². The Hall–Kier alpha value is -0.570. The van der Waals surface area contributed by atoms with Crippen LogP contribution in [0.25, 0.3) is 0 Å². The Kier molecular flexibility index (Phi) is 4.66. The number of nitrogens with zero attached hydrogens (tertiary/aromatic N) is 1. The van der Waals surface area contributed by atoms with Gasteiger partial charge in [0.25, 0.3) is 0 Å². The highest BCUT2D eigenvalue weighted by molar-refractivity contribution is 5.77. The summed E-state index contributed by atoms with van der Waals surface area (Å²) >= 11 is 0. The lowest BCUT2D eigenvalue weighted by Gasteiger charge is -2.31. The van der Waals surface area contributed by atoms with Crippen LogP contribution in [0.4, 0.5) is 0 Å². The van der Waals surface area contributed by atoms with Crippen LogP contribution < -0.4 is 5.73 Å². The molecule has 0 aliphatic heterocycles. The van der Waals surface area contributed by atoms with Gasteiger partial charge in [-0.2, -0.15) is 0 Å². The van der Waals surface area contributed by atoms with E-state index in [1.54, 1.807) is 0 Å². The van der Waals surface area contributed by atoms with Gasteiger partial charge in [-0.25, -0.2) is 0 Å². The van der Waals surface area contributed by atoms with Gasteiger partial charge in [-0.15, -0.1) is 0 Å². The number of hydrogen-bond acceptors (Lipinski definition) is 2. The van der Waals surface area contributed by atoms with E-state index in [0.29, 0.717) is 30.2 Å². The summed E-state index contributed by atoms with van der Waals surface area (Å²) in [5.74, 6) is 1.47. The van der Waals surface area contributed by atoms with Crippen LogP contribution >= 0.6 is 0 Å². The van der Waals surface area contributed by atoms with E-state index in [9.17, 15) is 4.79 Å². The molecule has 2 saturated carbocycles. The third kappa shape index (κ3) is 3.71. The molecule has 0 radical (unpaired) electrons. The van der Waals surface area contributed by atoms with Crippen LogP contribution in [0.1, 0.15) is 58.8 Å². The van der Waals surface area contributed by atoms with Gasteiger partial charge in [-0.1, -0.05) is 26.7 Å². The molecule has 3 nitrogen and oxygen atoms in total. The first-order chi connectivity index (χ1) is 8.58. The molecule has 18 heavy (non-hydrogen) atoms. The number of nitrogens with two attached hydrogens (primary N) is 1. The molecule has 104 valence electrons. The van der Waals surface area contributed by atoms with E-state index >= 15 is 0 Å². The molecule has 0 aromatic heterocycles. The first-order valence-corrected chi connectivity index (χ1v) is 7.63. The molecule has 0 bridgehead atoms. The quantitative estimate of drug-likeness (QED) is 0.789. The van der Waals surface area contributed by atoms with Crippen molar-refractivity contribution in [3.63, 3.8) is 0 Å². The number of amides is 1. The molecule has 0 aromatic carbocycles. The third-order valence-corrected chi connectivity index (χ3v) is 4.29. The molecule has 2 fully saturated rings. The van der Waals surface area contributed by atoms with Crippen LogP contribution in [-0.2, 0) is 4.79 Å². The van der Waals surface area contributed by atoms with Crippen molar-refractivity contribution in [3.05, 3.63) is 0 Å². The lowest BCUT2D eigenvalue weighted by Crippen LogP contribution is -2.43. The van der Waals surface area contributed by atoms with E-state index in [1.807, 2.05) is 0 Å². The zero-order valence-corrected chi connectivity index (χ0v) is 11.9. The molecule has 2 rings (SSSR count). The minimum Gasteiger partial charge on any atom is -0.339 e. The van der Waals surface area contributed by atoms with E-state index in [4.69, 9.17) is 5.73 Å². The fourth-order valence-corrected chi connectivity index (χ4v) is 3.07. The van der Waals surface area contributed by atoms with E-state index in [-0.39, 0.29) is 6.04 Å². The van der Waals surface area contributed by atoms with Gasteiger partial charge in [0.05, 0.1) is 0 Å². The smallest absolute Gasteiger partial charge is 0.224 e. The molecule has 0 saturated heterocycles. The summed E-state index contributed by atoms with van der Waals surface area (Å²) in [5.41, 5.74) is 6.10. The van der Waals surface area contributed by atoms with Crippen LogP contribution in [0.3, 0.4) is 0 Å². The summed E-state index contributed by atoms with van der Waals surface area (Å²) in [7, 11) is 0. The molecule has 0 spiro atoms. The van der Waals surface area contributed by atoms with Crippen LogP contribution in [-0.4, -0.2) is 29.4 Å². The Labute approximate surface area is 111 Å². The third-order valence-electron chi connectivity index (χ3n) is 4.29. The second-order valence-corrected chi connectivity index (χ2v) is 6.58. The monoisotopic (exact) mass is 252 g/mol. The highest BCUT2D eigenvalue weighted by Gasteiger charge is 2.33. The van der Waals surface area contributed by atoms with Crippen LogP contribution in [0.15, 0.2) is 0 Å². The predicted molar refractivity (Wildman–Crippen MR) is 74.1 cm³/mol. The summed E-state index contributed by atoms with van der Waals surface area (Å²) < 4.78 is 0. The average Bonchev–Trinajstić information content (AvgIpc) is 3.02. The second kappa shape index (κ2) is 6.05. The van der Waals surface area contributed by atoms with Crippen molar-refractivity contribution in [3.8, 4) is 0 Å². The van der Waals surface area contributed by atoms with E-state index in [2.05, 4.69) is 18.7 Å². The SMILES string of the molecule is CC(C)CN(C(=O)CC(N)C1CC1)C1CCCC1. The number of carbonyl (C=O) groups excluding carboxylic acids is 1. The summed E-state index contributed by atoms with van der Waals surface area (Å²) in [6, 6.07) is 0.597. The van der Waals surface area contributed by atoms with Crippen LogP contribution in [0.2, 0.25) is 0 Å². The molecular weight excluding hydrogens is 224 g/mol. The maximum atomic E-state index is 12.5. The first kappa shape index (κ1) is 13.9. The molecule has 1 amide bonds. The first-order valence-electron chi connectivity index (χ1n) is 7.63. The Morgan fingerprint density at radius 2 is 1.83 bits per heavy atom. The van der Waals surface area contributed by atoms with E-state index in [0.717, 1.165) is 6.54 Å². The van der Waals surface area contributed by atoms with Gasteiger partial charge >= 0.3 is 0 Å². The Morgan fingerprint density at radius 1 is 1.22 bits per heavy atom. The lowest BCUT2D eigenvalue weighted by atomic mass is 10.1. The van der Waals surface area contributed by atoms with Crippen molar-refractivity contribution in [2.24, 2.45) is 17.6 Å². The zero-order valence-electron chi connectivity index (χ0n) is 11.9. The lowest BCUT2D eigenvalue weighted by molar-refractivity contribution is -0.134. The van der Waals surface area contributed by atoms with Gasteiger partial charge in [-0.3, -0.25) is 4.79 Å². The van der Waals surface area contributed by atoms with Crippen molar-refractivity contribution in [2.45, 2.75) is 70.9 Å². The molecule has 3 heteroatoms. The van der Waals surface area contributed by atoms with Gasteiger partial charge in [0.15, 0.2) is 0 Å². The maximum absolute atomic E-state index is 12.5. The minimum atomic E-state index is 0.105. The molecule has 2 aliphatic carbocycles. The zero-order chi connectivity index (χ0) is 13.1. The number of carbonyl (C=O) groups is 1.